The van der Waals surface area contributed by atoms with E-state index < -0.39 is 0 Å². The van der Waals surface area contributed by atoms with Crippen molar-refractivity contribution in [2.45, 2.75) is 32.2 Å². The first kappa shape index (κ1) is 16.9. The number of nitrogens with two attached hydrogens (primary N) is 1. The Labute approximate surface area is 121 Å². The van der Waals surface area contributed by atoms with Gasteiger partial charge in [-0.15, -0.1) is 0 Å². The van der Waals surface area contributed by atoms with Crippen molar-refractivity contribution in [1.29, 1.82) is 0 Å². The predicted molar refractivity (Wildman–Crippen MR) is 79.2 cm³/mol. The zero-order valence-electron chi connectivity index (χ0n) is 13.0. The van der Waals surface area contributed by atoms with Gasteiger partial charge in [0.05, 0.1) is 6.54 Å². The maximum Gasteiger partial charge on any atom is 0.236 e. The molecule has 0 aromatic rings. The minimum Gasteiger partial charge on any atom is -0.348 e. The summed E-state index contributed by atoms with van der Waals surface area (Å²) < 4.78 is 0. The molecule has 1 rings (SSSR count). The highest BCUT2D eigenvalue weighted by molar-refractivity contribution is 5.78. The van der Waals surface area contributed by atoms with Gasteiger partial charge in [0.1, 0.15) is 0 Å². The van der Waals surface area contributed by atoms with Crippen LogP contribution >= 0.6 is 0 Å². The van der Waals surface area contributed by atoms with Gasteiger partial charge in [0, 0.05) is 52.7 Å². The standard InChI is InChI=1S/C14H28N4O2/c1-12(15)5-6-13(19)18-8-4-7-17(9-10-18)11-14(20)16(2)3/h12H,4-11,15H2,1-3H3. The molecule has 0 bridgehead atoms. The summed E-state index contributed by atoms with van der Waals surface area (Å²) in [7, 11) is 3.54. The molecule has 20 heavy (non-hydrogen) atoms. The van der Waals surface area contributed by atoms with Crippen LogP contribution in [0.5, 0.6) is 0 Å². The molecule has 0 radical (unpaired) electrons. The van der Waals surface area contributed by atoms with E-state index >= 15 is 0 Å². The van der Waals surface area contributed by atoms with Gasteiger partial charge in [0.2, 0.25) is 11.8 Å². The summed E-state index contributed by atoms with van der Waals surface area (Å²) in [5, 5.41) is 0. The van der Waals surface area contributed by atoms with Crippen LogP contribution in [0, 0.1) is 0 Å². The van der Waals surface area contributed by atoms with Crippen LogP contribution in [0.1, 0.15) is 26.2 Å². The first-order valence-electron chi connectivity index (χ1n) is 7.36. The van der Waals surface area contributed by atoms with E-state index in [1.54, 1.807) is 19.0 Å². The highest BCUT2D eigenvalue weighted by atomic mass is 16.2. The molecule has 2 N–H and O–H groups in total. The summed E-state index contributed by atoms with van der Waals surface area (Å²) in [5.74, 6) is 0.296. The molecule has 0 aromatic carbocycles. The van der Waals surface area contributed by atoms with Crippen LogP contribution in [-0.4, -0.2) is 79.4 Å². The molecule has 0 aliphatic carbocycles. The van der Waals surface area contributed by atoms with Crippen molar-refractivity contribution in [2.75, 3.05) is 46.8 Å². The van der Waals surface area contributed by atoms with Gasteiger partial charge in [-0.25, -0.2) is 0 Å². The molecule has 0 spiro atoms. The van der Waals surface area contributed by atoms with Crippen LogP contribution in [0.25, 0.3) is 0 Å². The summed E-state index contributed by atoms with van der Waals surface area (Å²) in [6.45, 7) is 5.49. The molecule has 0 aromatic heterocycles. The number of rotatable bonds is 5. The summed E-state index contributed by atoms with van der Waals surface area (Å²) in [5.41, 5.74) is 5.69. The molecule has 116 valence electrons. The van der Waals surface area contributed by atoms with Crippen LogP contribution in [0.2, 0.25) is 0 Å². The van der Waals surface area contributed by atoms with Crippen molar-refractivity contribution in [3.8, 4) is 0 Å². The lowest BCUT2D eigenvalue weighted by Gasteiger charge is -2.23. The summed E-state index contributed by atoms with van der Waals surface area (Å²) >= 11 is 0. The maximum atomic E-state index is 12.1. The van der Waals surface area contributed by atoms with E-state index in [-0.39, 0.29) is 17.9 Å². The number of hydrogen-bond acceptors (Lipinski definition) is 4. The fourth-order valence-corrected chi connectivity index (χ4v) is 2.22. The number of carbonyl (C=O) groups is 2. The molecule has 0 saturated carbocycles. The van der Waals surface area contributed by atoms with Gasteiger partial charge < -0.3 is 15.5 Å². The van der Waals surface area contributed by atoms with E-state index in [9.17, 15) is 9.59 Å². The van der Waals surface area contributed by atoms with Gasteiger partial charge in [0.25, 0.3) is 0 Å². The second-order valence-corrected chi connectivity index (χ2v) is 5.81. The van der Waals surface area contributed by atoms with E-state index in [0.717, 1.165) is 32.5 Å². The zero-order chi connectivity index (χ0) is 15.1. The number of carbonyl (C=O) groups excluding carboxylic acids is 2. The van der Waals surface area contributed by atoms with Gasteiger partial charge in [-0.3, -0.25) is 14.5 Å². The van der Waals surface area contributed by atoms with E-state index in [4.69, 9.17) is 5.73 Å². The lowest BCUT2D eigenvalue weighted by Crippen LogP contribution is -2.39. The van der Waals surface area contributed by atoms with Crippen molar-refractivity contribution in [3.05, 3.63) is 0 Å². The van der Waals surface area contributed by atoms with Gasteiger partial charge in [0.15, 0.2) is 0 Å². The topological polar surface area (TPSA) is 69.9 Å². The van der Waals surface area contributed by atoms with E-state index in [1.807, 2.05) is 11.8 Å². The molecule has 6 heteroatoms. The van der Waals surface area contributed by atoms with E-state index in [2.05, 4.69) is 4.90 Å². The van der Waals surface area contributed by atoms with Crippen molar-refractivity contribution in [2.24, 2.45) is 5.73 Å². The Morgan fingerprint density at radius 1 is 1.20 bits per heavy atom. The minimum absolute atomic E-state index is 0.0696. The number of amides is 2. The Morgan fingerprint density at radius 2 is 1.90 bits per heavy atom. The fraction of sp³-hybridized carbons (Fsp3) is 0.857. The van der Waals surface area contributed by atoms with Crippen molar-refractivity contribution >= 4 is 11.8 Å². The third-order valence-corrected chi connectivity index (χ3v) is 3.61. The van der Waals surface area contributed by atoms with Crippen LogP contribution in [-0.2, 0) is 9.59 Å². The number of nitrogens with zero attached hydrogens (tertiary/aromatic N) is 3. The third kappa shape index (κ3) is 5.88. The molecular formula is C14H28N4O2. The quantitative estimate of drug-likeness (QED) is 0.755. The SMILES string of the molecule is CC(N)CCC(=O)N1CCCN(CC(=O)N(C)C)CC1. The summed E-state index contributed by atoms with van der Waals surface area (Å²) in [6, 6.07) is 0.0696. The van der Waals surface area contributed by atoms with Gasteiger partial charge in [-0.2, -0.15) is 0 Å². The monoisotopic (exact) mass is 284 g/mol. The Hall–Kier alpha value is -1.14. The molecule has 1 heterocycles. The van der Waals surface area contributed by atoms with E-state index in [1.165, 1.54) is 0 Å². The predicted octanol–water partition coefficient (Wildman–Crippen LogP) is -0.264. The molecular weight excluding hydrogens is 256 g/mol. The van der Waals surface area contributed by atoms with Crippen LogP contribution < -0.4 is 5.73 Å². The van der Waals surface area contributed by atoms with Gasteiger partial charge in [-0.1, -0.05) is 0 Å². The smallest absolute Gasteiger partial charge is 0.236 e. The lowest BCUT2D eigenvalue weighted by atomic mass is 10.2. The van der Waals surface area contributed by atoms with Crippen molar-refractivity contribution < 1.29 is 9.59 Å². The van der Waals surface area contributed by atoms with Crippen molar-refractivity contribution in [1.82, 2.24) is 14.7 Å². The number of hydrogen-bond donors (Lipinski definition) is 1. The average molecular weight is 284 g/mol. The summed E-state index contributed by atoms with van der Waals surface area (Å²) in [4.78, 5) is 29.4. The first-order valence-corrected chi connectivity index (χ1v) is 7.36. The summed E-state index contributed by atoms with van der Waals surface area (Å²) in [6.07, 6.45) is 2.18. The Balaban J connectivity index is 2.39. The Bertz CT molecular complexity index is 331. The second-order valence-electron chi connectivity index (χ2n) is 5.81. The molecule has 1 fully saturated rings. The van der Waals surface area contributed by atoms with E-state index in [0.29, 0.717) is 19.5 Å². The molecule has 1 aliphatic heterocycles. The van der Waals surface area contributed by atoms with Crippen LogP contribution in [0.4, 0.5) is 0 Å². The highest BCUT2D eigenvalue weighted by Gasteiger charge is 2.20. The van der Waals surface area contributed by atoms with Gasteiger partial charge >= 0.3 is 0 Å². The number of likely N-dealkylation sites (N-methyl/N-ethyl adjacent to an activating group) is 1. The average Bonchev–Trinajstić information content (AvgIpc) is 2.61. The minimum atomic E-state index is 0.0696. The molecule has 1 aliphatic rings. The lowest BCUT2D eigenvalue weighted by molar-refractivity contribution is -0.131. The van der Waals surface area contributed by atoms with Crippen LogP contribution in [0.3, 0.4) is 0 Å². The normalized spacial score (nSPS) is 18.5. The van der Waals surface area contributed by atoms with Crippen LogP contribution in [0.15, 0.2) is 0 Å². The molecule has 1 atom stereocenters. The van der Waals surface area contributed by atoms with Crippen molar-refractivity contribution in [3.63, 3.8) is 0 Å². The Kier molecular flexibility index (Phi) is 6.95. The highest BCUT2D eigenvalue weighted by Crippen LogP contribution is 2.07. The third-order valence-electron chi connectivity index (χ3n) is 3.61. The fourth-order valence-electron chi connectivity index (χ4n) is 2.22. The van der Waals surface area contributed by atoms with Gasteiger partial charge in [-0.05, 0) is 19.8 Å². The molecule has 6 nitrogen and oxygen atoms in total. The zero-order valence-corrected chi connectivity index (χ0v) is 13.0. The Morgan fingerprint density at radius 3 is 2.50 bits per heavy atom. The first-order chi connectivity index (χ1) is 9.40. The second kappa shape index (κ2) is 8.21. The molecule has 1 unspecified atom stereocenters. The maximum absolute atomic E-state index is 12.1. The molecule has 2 amide bonds. The largest absolute Gasteiger partial charge is 0.348 e. The molecule has 1 saturated heterocycles.